The molecule has 0 unspecified atom stereocenters. The number of aromatic nitrogens is 4. The molecule has 72 heavy (non-hydrogen) atoms. The molecule has 356 valence electrons. The number of nitrogens with zero attached hydrogens (tertiary/aromatic N) is 4. The first-order valence-corrected chi connectivity index (χ1v) is 24.9. The minimum Gasteiger partial charge on any atom is -0.507 e. The number of phenolic OH excluding ortho intramolecular Hbond substituents is 1. The second-order valence-corrected chi connectivity index (χ2v) is 22.4. The summed E-state index contributed by atoms with van der Waals surface area (Å²) >= 11 is 0. The number of hydrogen-bond acceptors (Lipinski definition) is 3. The van der Waals surface area contributed by atoms with Gasteiger partial charge in [0.15, 0.2) is 0 Å². The molecule has 0 saturated carbocycles. The van der Waals surface area contributed by atoms with Gasteiger partial charge in [0.2, 0.25) is 0 Å². The number of hydrogen-bond donors (Lipinski definition) is 1. The van der Waals surface area contributed by atoms with Crippen LogP contribution in [-0.2, 0) is 16.2 Å². The molecule has 11 aromatic rings. The topological polar surface area (TPSA) is 55.9 Å². The van der Waals surface area contributed by atoms with E-state index >= 15 is 4.39 Å². The number of phenols is 1. The van der Waals surface area contributed by atoms with Crippen molar-refractivity contribution >= 4 is 32.8 Å². The third-order valence-corrected chi connectivity index (χ3v) is 14.2. The SMILES string of the molecule is CC(C)(C)c1cc(-c2cc(-c3ccc4c5ccccc5n(-c5cccc(-c6ccccc6)c5)c4c3)ccn2)cc(-c2cccc3c2nc(-c2cc(F)ccc2O)n3-c2cc(C(C)(C)C)cc(C(C)(C)C)c2)c1. The first-order chi connectivity index (χ1) is 34.4. The number of para-hydroxylation sites is 2. The van der Waals surface area contributed by atoms with Gasteiger partial charge in [-0.3, -0.25) is 9.55 Å². The van der Waals surface area contributed by atoms with Crippen molar-refractivity contribution in [3.63, 3.8) is 0 Å². The summed E-state index contributed by atoms with van der Waals surface area (Å²) in [4.78, 5) is 10.4. The molecule has 0 amide bonds. The van der Waals surface area contributed by atoms with Gasteiger partial charge in [-0.15, -0.1) is 0 Å². The Kier molecular flexibility index (Phi) is 11.2. The monoisotopic (exact) mass is 942 g/mol. The number of halogens is 1. The summed E-state index contributed by atoms with van der Waals surface area (Å²) in [5.41, 5.74) is 17.4. The quantitative estimate of drug-likeness (QED) is 0.173. The number of rotatable bonds is 7. The van der Waals surface area contributed by atoms with E-state index in [-0.39, 0.29) is 22.0 Å². The van der Waals surface area contributed by atoms with Crippen LogP contribution in [0.3, 0.4) is 0 Å². The Hall–Kier alpha value is -8.09. The van der Waals surface area contributed by atoms with Gasteiger partial charge in [0.05, 0.1) is 33.3 Å². The Morgan fingerprint density at radius 2 is 1.04 bits per heavy atom. The summed E-state index contributed by atoms with van der Waals surface area (Å²) in [7, 11) is 0. The van der Waals surface area contributed by atoms with E-state index in [1.165, 1.54) is 51.2 Å². The molecule has 0 atom stereocenters. The number of benzene rings is 8. The Morgan fingerprint density at radius 3 is 1.79 bits per heavy atom. The Bertz CT molecular complexity index is 3860. The van der Waals surface area contributed by atoms with Crippen LogP contribution in [0.5, 0.6) is 5.75 Å². The highest BCUT2D eigenvalue weighted by molar-refractivity contribution is 6.10. The zero-order valence-corrected chi connectivity index (χ0v) is 42.5. The van der Waals surface area contributed by atoms with Crippen molar-refractivity contribution in [1.29, 1.82) is 0 Å². The molecule has 0 aliphatic rings. The van der Waals surface area contributed by atoms with E-state index in [2.05, 4.69) is 235 Å². The van der Waals surface area contributed by atoms with Gasteiger partial charge < -0.3 is 9.67 Å². The molecule has 6 heteroatoms. The number of imidazole rings is 1. The maximum atomic E-state index is 15.2. The third-order valence-electron chi connectivity index (χ3n) is 14.2. The summed E-state index contributed by atoms with van der Waals surface area (Å²) in [6.07, 6.45) is 1.91. The van der Waals surface area contributed by atoms with Crippen molar-refractivity contribution in [2.24, 2.45) is 0 Å². The maximum absolute atomic E-state index is 15.2. The zero-order chi connectivity index (χ0) is 50.3. The van der Waals surface area contributed by atoms with Crippen molar-refractivity contribution in [2.75, 3.05) is 0 Å². The zero-order valence-electron chi connectivity index (χ0n) is 42.5. The number of aromatic hydroxyl groups is 1. The lowest BCUT2D eigenvalue weighted by molar-refractivity contribution is 0.474. The second kappa shape index (κ2) is 17.3. The van der Waals surface area contributed by atoms with E-state index in [0.29, 0.717) is 11.4 Å². The first kappa shape index (κ1) is 46.3. The van der Waals surface area contributed by atoms with Gasteiger partial charge in [-0.1, -0.05) is 159 Å². The van der Waals surface area contributed by atoms with E-state index in [9.17, 15) is 5.11 Å². The van der Waals surface area contributed by atoms with Crippen molar-refractivity contribution in [1.82, 2.24) is 19.1 Å². The lowest BCUT2D eigenvalue weighted by Gasteiger charge is -2.27. The molecule has 0 aliphatic carbocycles. The highest BCUT2D eigenvalue weighted by Crippen LogP contribution is 2.43. The molecular weight excluding hydrogens is 884 g/mol. The molecule has 3 aromatic heterocycles. The average Bonchev–Trinajstić information content (AvgIpc) is 3.92. The Labute approximate surface area is 421 Å². The summed E-state index contributed by atoms with van der Waals surface area (Å²) in [5.74, 6) is -0.0335. The normalized spacial score (nSPS) is 12.4. The fourth-order valence-corrected chi connectivity index (χ4v) is 10.1. The molecule has 1 N–H and O–H groups in total. The van der Waals surface area contributed by atoms with Crippen LogP contribution in [0.1, 0.15) is 79.0 Å². The average molecular weight is 943 g/mol. The molecule has 0 aliphatic heterocycles. The predicted molar refractivity (Wildman–Crippen MR) is 298 cm³/mol. The molecule has 0 radical (unpaired) electrons. The Morgan fingerprint density at radius 1 is 0.417 bits per heavy atom. The van der Waals surface area contributed by atoms with Crippen LogP contribution in [-0.4, -0.2) is 24.2 Å². The molecular formula is C66H59FN4O. The molecule has 0 fully saturated rings. The molecule has 3 heterocycles. The van der Waals surface area contributed by atoms with Gasteiger partial charge in [0, 0.05) is 39.5 Å². The minimum absolute atomic E-state index is 0.0432. The fraction of sp³-hybridized carbons (Fsp3) is 0.182. The number of pyridine rings is 1. The molecule has 0 saturated heterocycles. The minimum atomic E-state index is -0.450. The molecule has 11 rings (SSSR count). The molecule has 0 bridgehead atoms. The molecule has 8 aromatic carbocycles. The smallest absolute Gasteiger partial charge is 0.149 e. The van der Waals surface area contributed by atoms with Crippen molar-refractivity contribution in [3.05, 3.63) is 211 Å². The maximum Gasteiger partial charge on any atom is 0.149 e. The van der Waals surface area contributed by atoms with Crippen LogP contribution in [0.15, 0.2) is 188 Å². The van der Waals surface area contributed by atoms with Gasteiger partial charge in [-0.2, -0.15) is 0 Å². The van der Waals surface area contributed by atoms with Crippen LogP contribution in [0.2, 0.25) is 0 Å². The fourth-order valence-electron chi connectivity index (χ4n) is 10.1. The summed E-state index contributed by atoms with van der Waals surface area (Å²) in [5, 5.41) is 13.8. The highest BCUT2D eigenvalue weighted by Gasteiger charge is 2.26. The van der Waals surface area contributed by atoms with E-state index < -0.39 is 5.82 Å². The molecule has 0 spiro atoms. The van der Waals surface area contributed by atoms with E-state index in [1.807, 2.05) is 6.20 Å². The summed E-state index contributed by atoms with van der Waals surface area (Å²) in [6.45, 7) is 20.0. The van der Waals surface area contributed by atoms with Crippen LogP contribution in [0, 0.1) is 5.82 Å². The summed E-state index contributed by atoms with van der Waals surface area (Å²) in [6, 6.07) is 62.8. The van der Waals surface area contributed by atoms with Crippen LogP contribution < -0.4 is 0 Å². The first-order valence-electron chi connectivity index (χ1n) is 24.9. The van der Waals surface area contributed by atoms with E-state index in [4.69, 9.17) is 9.97 Å². The van der Waals surface area contributed by atoms with Crippen LogP contribution >= 0.6 is 0 Å². The van der Waals surface area contributed by atoms with E-state index in [1.54, 1.807) is 0 Å². The van der Waals surface area contributed by atoms with Gasteiger partial charge in [-0.25, -0.2) is 9.37 Å². The summed E-state index contributed by atoms with van der Waals surface area (Å²) < 4.78 is 19.7. The van der Waals surface area contributed by atoms with Crippen molar-refractivity contribution < 1.29 is 9.50 Å². The lowest BCUT2D eigenvalue weighted by atomic mass is 9.80. The van der Waals surface area contributed by atoms with Gasteiger partial charge >= 0.3 is 0 Å². The predicted octanol–water partition coefficient (Wildman–Crippen LogP) is 17.6. The van der Waals surface area contributed by atoms with Crippen molar-refractivity contribution in [3.8, 4) is 73.2 Å². The largest absolute Gasteiger partial charge is 0.507 e. The van der Waals surface area contributed by atoms with Crippen LogP contribution in [0.4, 0.5) is 4.39 Å². The second-order valence-electron chi connectivity index (χ2n) is 22.4. The molecule has 5 nitrogen and oxygen atoms in total. The van der Waals surface area contributed by atoms with Gasteiger partial charge in [-0.05, 0) is 146 Å². The highest BCUT2D eigenvalue weighted by atomic mass is 19.1. The van der Waals surface area contributed by atoms with E-state index in [0.717, 1.165) is 72.5 Å². The lowest BCUT2D eigenvalue weighted by Crippen LogP contribution is -2.17. The van der Waals surface area contributed by atoms with Gasteiger partial charge in [0.1, 0.15) is 17.4 Å². The van der Waals surface area contributed by atoms with Gasteiger partial charge in [0.25, 0.3) is 0 Å². The van der Waals surface area contributed by atoms with Crippen LogP contribution in [0.25, 0.3) is 100 Å². The Balaban J connectivity index is 1.07. The third kappa shape index (κ3) is 8.45. The number of fused-ring (bicyclic) bond motifs is 4. The standard InChI is InChI=1S/C66H59FN4O/c1-64(2,3)47-32-45(53-22-16-24-59-62(53)69-63(56-40-50(67)26-28-61(56)72)71(59)52-38-48(65(4,5)6)37-49(39-52)66(7,8)9)31-46(33-47)57-35-44(29-30-68-57)43-25-27-55-54-21-13-14-23-58(54)70(60(55)36-43)51-20-15-19-42(34-51)41-17-11-10-12-18-41/h10-40,72H,1-9H3. The van der Waals surface area contributed by atoms with Crippen molar-refractivity contribution in [2.45, 2.75) is 78.6 Å².